The lowest BCUT2D eigenvalue weighted by atomic mass is 10.0. The summed E-state index contributed by atoms with van der Waals surface area (Å²) in [4.78, 5) is 20.1. The third kappa shape index (κ3) is 5.51. The molecular weight excluding hydrogens is 562 g/mol. The van der Waals surface area contributed by atoms with Gasteiger partial charge in [0.25, 0.3) is 5.91 Å². The number of amides is 1. The number of hydrogen-bond donors (Lipinski definition) is 2. The van der Waals surface area contributed by atoms with Gasteiger partial charge in [0.2, 0.25) is 0 Å². The van der Waals surface area contributed by atoms with Crippen molar-refractivity contribution < 1.29 is 14.3 Å². The van der Waals surface area contributed by atoms with E-state index in [0.717, 1.165) is 66.7 Å². The van der Waals surface area contributed by atoms with Crippen molar-refractivity contribution in [3.05, 3.63) is 96.4 Å². The van der Waals surface area contributed by atoms with Crippen molar-refractivity contribution in [2.24, 2.45) is 0 Å². The van der Waals surface area contributed by atoms with Crippen molar-refractivity contribution in [1.82, 2.24) is 9.55 Å². The smallest absolute Gasteiger partial charge is 0.257 e. The van der Waals surface area contributed by atoms with Crippen molar-refractivity contribution in [2.75, 3.05) is 48.4 Å². The van der Waals surface area contributed by atoms with Gasteiger partial charge >= 0.3 is 0 Å². The molecule has 45 heavy (non-hydrogen) atoms. The summed E-state index contributed by atoms with van der Waals surface area (Å²) in [6, 6.07) is 23.2. The molecule has 5 aromatic rings. The first-order valence-corrected chi connectivity index (χ1v) is 16.1. The van der Waals surface area contributed by atoms with E-state index in [9.17, 15) is 4.79 Å². The Morgan fingerprint density at radius 3 is 2.56 bits per heavy atom. The van der Waals surface area contributed by atoms with E-state index in [2.05, 4.69) is 67.7 Å². The van der Waals surface area contributed by atoms with Gasteiger partial charge in [-0.25, -0.2) is 0 Å². The molecule has 3 aliphatic rings. The van der Waals surface area contributed by atoms with Crippen LogP contribution in [0, 0.1) is 0 Å². The van der Waals surface area contributed by atoms with E-state index in [1.54, 1.807) is 0 Å². The van der Waals surface area contributed by atoms with E-state index in [-0.39, 0.29) is 5.91 Å². The van der Waals surface area contributed by atoms with Crippen LogP contribution < -0.4 is 20.3 Å². The molecule has 0 bridgehead atoms. The third-order valence-corrected chi connectivity index (χ3v) is 9.40. The number of pyridine rings is 1. The average molecular weight is 600 g/mol. The van der Waals surface area contributed by atoms with Crippen molar-refractivity contribution in [3.8, 4) is 16.9 Å². The van der Waals surface area contributed by atoms with Crippen LogP contribution in [0.5, 0.6) is 5.75 Å². The number of nitrogens with zero attached hydrogens (tertiary/aromatic N) is 3. The summed E-state index contributed by atoms with van der Waals surface area (Å²) in [6.45, 7) is 3.92. The number of benzene rings is 3. The van der Waals surface area contributed by atoms with E-state index < -0.39 is 0 Å². The van der Waals surface area contributed by atoms with Gasteiger partial charge in [-0.2, -0.15) is 0 Å². The molecule has 1 amide bonds. The fourth-order valence-electron chi connectivity index (χ4n) is 6.98. The molecule has 0 unspecified atom stereocenters. The first kappa shape index (κ1) is 27.7. The minimum absolute atomic E-state index is 0.117. The van der Waals surface area contributed by atoms with E-state index in [0.29, 0.717) is 18.2 Å². The van der Waals surface area contributed by atoms with Gasteiger partial charge in [-0.3, -0.25) is 9.78 Å². The summed E-state index contributed by atoms with van der Waals surface area (Å²) in [5.74, 6) is 0.736. The van der Waals surface area contributed by atoms with Crippen LogP contribution in [0.25, 0.3) is 22.0 Å². The number of carbonyl (C=O) groups excluding carboxylic acids is 1. The third-order valence-electron chi connectivity index (χ3n) is 9.40. The molecule has 0 atom stereocenters. The normalized spacial score (nSPS) is 16.5. The van der Waals surface area contributed by atoms with Crippen LogP contribution >= 0.6 is 0 Å². The minimum atomic E-state index is -0.117. The highest BCUT2D eigenvalue weighted by atomic mass is 16.5. The highest BCUT2D eigenvalue weighted by molar-refractivity contribution is 6.13. The molecule has 8 nitrogen and oxygen atoms in total. The average Bonchev–Trinajstić information content (AvgIpc) is 3.72. The Kier molecular flexibility index (Phi) is 7.35. The lowest BCUT2D eigenvalue weighted by Crippen LogP contribution is -2.36. The number of morpholine rings is 1. The van der Waals surface area contributed by atoms with E-state index in [1.165, 1.54) is 47.8 Å². The van der Waals surface area contributed by atoms with Gasteiger partial charge in [0.1, 0.15) is 5.75 Å². The number of anilines is 4. The molecule has 4 heterocycles. The number of hydrogen-bond acceptors (Lipinski definition) is 6. The summed E-state index contributed by atoms with van der Waals surface area (Å²) in [5.41, 5.74) is 8.79. The Hall–Kier alpha value is -4.82. The molecule has 1 aliphatic carbocycles. The highest BCUT2D eigenvalue weighted by Crippen LogP contribution is 2.40. The topological polar surface area (TPSA) is 80.6 Å². The van der Waals surface area contributed by atoms with Crippen molar-refractivity contribution in [2.45, 2.75) is 38.1 Å². The summed E-state index contributed by atoms with van der Waals surface area (Å²) in [6.07, 6.45) is 11.8. The largest absolute Gasteiger partial charge is 0.493 e. The van der Waals surface area contributed by atoms with Crippen molar-refractivity contribution >= 4 is 39.6 Å². The summed E-state index contributed by atoms with van der Waals surface area (Å²) >= 11 is 0. The molecule has 8 heteroatoms. The van der Waals surface area contributed by atoms with Gasteiger partial charge in [-0.05, 0) is 78.6 Å². The zero-order chi connectivity index (χ0) is 30.2. The Morgan fingerprint density at radius 1 is 0.867 bits per heavy atom. The second-order valence-electron chi connectivity index (χ2n) is 12.2. The molecule has 2 N–H and O–H groups in total. The molecule has 0 radical (unpaired) electrons. The Balaban J connectivity index is 0.983. The van der Waals surface area contributed by atoms with Gasteiger partial charge in [0, 0.05) is 54.6 Å². The Bertz CT molecular complexity index is 1850. The molecule has 228 valence electrons. The van der Waals surface area contributed by atoms with E-state index >= 15 is 0 Å². The SMILES string of the molecule is O=C1Nc2cc(CCOc3ccc(N4CCOCC4)cc3)ccc2Nc2cc(-c3cn(C4CCCC4)c4cnccc34)ccc21. The second-order valence-corrected chi connectivity index (χ2v) is 12.2. The van der Waals surface area contributed by atoms with Gasteiger partial charge < -0.3 is 29.6 Å². The lowest BCUT2D eigenvalue weighted by molar-refractivity contribution is 0.102. The maximum Gasteiger partial charge on any atom is 0.257 e. The maximum absolute atomic E-state index is 13.4. The van der Waals surface area contributed by atoms with Crippen LogP contribution in [0.1, 0.15) is 47.6 Å². The van der Waals surface area contributed by atoms with Gasteiger partial charge in [-0.15, -0.1) is 0 Å². The maximum atomic E-state index is 13.4. The zero-order valence-corrected chi connectivity index (χ0v) is 25.3. The Morgan fingerprint density at radius 2 is 1.71 bits per heavy atom. The molecule has 0 spiro atoms. The number of carbonyl (C=O) groups is 1. The fourth-order valence-corrected chi connectivity index (χ4v) is 6.98. The molecule has 2 aliphatic heterocycles. The van der Waals surface area contributed by atoms with Crippen LogP contribution in [0.2, 0.25) is 0 Å². The van der Waals surface area contributed by atoms with Crippen LogP contribution in [-0.2, 0) is 11.2 Å². The van der Waals surface area contributed by atoms with Crippen LogP contribution in [0.4, 0.5) is 22.7 Å². The van der Waals surface area contributed by atoms with Gasteiger partial charge in [0.05, 0.1) is 54.2 Å². The molecule has 8 rings (SSSR count). The summed E-state index contributed by atoms with van der Waals surface area (Å²) < 4.78 is 13.9. The fraction of sp³-hybridized carbons (Fsp3) is 0.297. The van der Waals surface area contributed by atoms with Crippen molar-refractivity contribution in [1.29, 1.82) is 0 Å². The lowest BCUT2D eigenvalue weighted by Gasteiger charge is -2.28. The molecule has 1 saturated heterocycles. The van der Waals surface area contributed by atoms with E-state index in [4.69, 9.17) is 9.47 Å². The van der Waals surface area contributed by atoms with Crippen molar-refractivity contribution in [3.63, 3.8) is 0 Å². The number of ether oxygens (including phenoxy) is 2. The second kappa shape index (κ2) is 11.9. The van der Waals surface area contributed by atoms with Gasteiger partial charge in [0.15, 0.2) is 0 Å². The summed E-state index contributed by atoms with van der Waals surface area (Å²) in [5, 5.41) is 7.87. The molecule has 2 fully saturated rings. The monoisotopic (exact) mass is 599 g/mol. The molecule has 2 aromatic heterocycles. The standard InChI is InChI=1S/C37H37N5O3/c43-37-31-11-6-26(32-24-42(28-3-1-2-4-28)36-23-38-15-13-30(32)36)22-34(31)39-33-12-5-25(21-35(33)40-37)14-18-45-29-9-7-27(8-10-29)41-16-19-44-20-17-41/h5-13,15,21-24,28,39H,1-4,14,16-20H2,(H,40,43). The quantitative estimate of drug-likeness (QED) is 0.201. The predicted molar refractivity (Wildman–Crippen MR) is 179 cm³/mol. The first-order valence-electron chi connectivity index (χ1n) is 16.1. The predicted octanol–water partition coefficient (Wildman–Crippen LogP) is 7.59. The number of nitrogens with one attached hydrogen (secondary N) is 2. The van der Waals surface area contributed by atoms with Crippen LogP contribution in [0.15, 0.2) is 85.3 Å². The van der Waals surface area contributed by atoms with Gasteiger partial charge in [-0.1, -0.05) is 25.0 Å². The minimum Gasteiger partial charge on any atom is -0.493 e. The van der Waals surface area contributed by atoms with Crippen LogP contribution in [-0.4, -0.2) is 48.4 Å². The zero-order valence-electron chi connectivity index (χ0n) is 25.3. The number of fused-ring (bicyclic) bond motifs is 3. The molecule has 3 aromatic carbocycles. The molecule has 1 saturated carbocycles. The first-order chi connectivity index (χ1) is 22.2. The number of rotatable bonds is 7. The summed E-state index contributed by atoms with van der Waals surface area (Å²) in [7, 11) is 0. The Labute approximate surface area is 263 Å². The number of aromatic nitrogens is 2. The van der Waals surface area contributed by atoms with E-state index in [1.807, 2.05) is 42.7 Å². The highest BCUT2D eigenvalue weighted by Gasteiger charge is 2.23. The van der Waals surface area contributed by atoms with Crippen LogP contribution in [0.3, 0.4) is 0 Å². The molecular formula is C37H37N5O3.